The van der Waals surface area contributed by atoms with Crippen molar-refractivity contribution in [3.63, 3.8) is 0 Å². The van der Waals surface area contributed by atoms with E-state index in [1.54, 1.807) is 0 Å². The summed E-state index contributed by atoms with van der Waals surface area (Å²) < 4.78 is 0. The van der Waals surface area contributed by atoms with E-state index in [0.29, 0.717) is 11.7 Å². The Balaban J connectivity index is 1.89. The molecule has 5 rings (SSSR count). The van der Waals surface area contributed by atoms with E-state index in [1.807, 2.05) is 13.1 Å². The number of hydrogen-bond donors (Lipinski definition) is 1. The van der Waals surface area contributed by atoms with Crippen molar-refractivity contribution in [2.75, 3.05) is 0 Å². The van der Waals surface area contributed by atoms with E-state index in [4.69, 9.17) is 4.98 Å². The third kappa shape index (κ3) is 3.28. The average Bonchev–Trinajstić information content (AvgIpc) is 3.27. The Kier molecular flexibility index (Phi) is 4.54. The van der Waals surface area contributed by atoms with Gasteiger partial charge in [0.2, 0.25) is 5.82 Å². The molecule has 0 amide bonds. The van der Waals surface area contributed by atoms with Crippen molar-refractivity contribution in [3.05, 3.63) is 53.5 Å². The third-order valence-corrected chi connectivity index (χ3v) is 5.91. The first-order valence-corrected chi connectivity index (χ1v) is 10.3. The highest BCUT2D eigenvalue weighted by Gasteiger charge is 2.27. The van der Waals surface area contributed by atoms with Gasteiger partial charge >= 0.3 is 0 Å². The Morgan fingerprint density at radius 3 is 2.59 bits per heavy atom. The maximum absolute atomic E-state index is 5.17. The molecule has 0 radical (unpaired) electrons. The van der Waals surface area contributed by atoms with Crippen molar-refractivity contribution >= 4 is 10.9 Å². The lowest BCUT2D eigenvalue weighted by atomic mass is 9.82. The number of nitrogens with one attached hydrogen (secondary N) is 1. The fraction of sp³-hybridized carbons (Fsp3) is 0.348. The van der Waals surface area contributed by atoms with Crippen molar-refractivity contribution in [2.45, 2.75) is 51.9 Å². The first-order chi connectivity index (χ1) is 14.2. The number of aromatic nitrogens is 6. The van der Waals surface area contributed by atoms with Gasteiger partial charge in [0.05, 0.1) is 16.8 Å². The number of benzene rings is 1. The van der Waals surface area contributed by atoms with Gasteiger partial charge in [-0.1, -0.05) is 30.9 Å². The molecule has 4 aromatic rings. The molecule has 0 saturated heterocycles. The maximum Gasteiger partial charge on any atom is 0.207 e. The molecule has 0 atom stereocenters. The minimum absolute atomic E-state index is 0.421. The zero-order valence-corrected chi connectivity index (χ0v) is 16.8. The molecule has 1 N–H and O–H groups in total. The summed E-state index contributed by atoms with van der Waals surface area (Å²) in [7, 11) is 0. The number of H-pyrrole nitrogens is 1. The van der Waals surface area contributed by atoms with Crippen LogP contribution in [0.25, 0.3) is 33.4 Å². The molecule has 1 aliphatic carbocycles. The Morgan fingerprint density at radius 2 is 1.83 bits per heavy atom. The van der Waals surface area contributed by atoms with E-state index in [9.17, 15) is 0 Å². The van der Waals surface area contributed by atoms with Crippen LogP contribution in [0.1, 0.15) is 55.0 Å². The van der Waals surface area contributed by atoms with Crippen molar-refractivity contribution in [1.82, 2.24) is 30.6 Å². The zero-order valence-electron chi connectivity index (χ0n) is 16.8. The second kappa shape index (κ2) is 7.35. The second-order valence-corrected chi connectivity index (χ2v) is 8.02. The zero-order chi connectivity index (χ0) is 19.8. The lowest BCUT2D eigenvalue weighted by molar-refractivity contribution is 0.438. The molecule has 29 heavy (non-hydrogen) atoms. The molecule has 3 heterocycles. The van der Waals surface area contributed by atoms with Crippen molar-refractivity contribution in [3.8, 4) is 22.5 Å². The molecule has 3 aromatic heterocycles. The van der Waals surface area contributed by atoms with Crippen LogP contribution in [0.2, 0.25) is 0 Å². The molecule has 1 aliphatic rings. The van der Waals surface area contributed by atoms with E-state index < -0.39 is 0 Å². The highest BCUT2D eigenvalue weighted by atomic mass is 15.5. The van der Waals surface area contributed by atoms with Crippen LogP contribution in [0, 0.1) is 13.8 Å². The summed E-state index contributed by atoms with van der Waals surface area (Å²) in [6.07, 6.45) is 7.97. The summed E-state index contributed by atoms with van der Waals surface area (Å²) in [5, 5.41) is 16.4. The molecule has 1 saturated carbocycles. The van der Waals surface area contributed by atoms with Gasteiger partial charge in [-0.3, -0.25) is 9.97 Å². The van der Waals surface area contributed by atoms with E-state index in [2.05, 4.69) is 62.9 Å². The topological polar surface area (TPSA) is 80.2 Å². The molecule has 1 fully saturated rings. The number of rotatable bonds is 3. The number of pyridine rings is 2. The van der Waals surface area contributed by atoms with Crippen LogP contribution in [-0.2, 0) is 0 Å². The van der Waals surface area contributed by atoms with Crippen LogP contribution in [-0.4, -0.2) is 30.6 Å². The van der Waals surface area contributed by atoms with Gasteiger partial charge in [-0.05, 0) is 61.7 Å². The number of aryl methyl sites for hydroxylation is 2. The molecule has 0 unspecified atom stereocenters. The summed E-state index contributed by atoms with van der Waals surface area (Å²) >= 11 is 0. The molecular weight excluding hydrogens is 360 g/mol. The maximum atomic E-state index is 5.17. The fourth-order valence-electron chi connectivity index (χ4n) is 4.56. The highest BCUT2D eigenvalue weighted by Crippen LogP contribution is 2.44. The molecule has 146 valence electrons. The highest BCUT2D eigenvalue weighted by molar-refractivity contribution is 6.02. The molecular formula is C23H24N6. The van der Waals surface area contributed by atoms with Gasteiger partial charge < -0.3 is 0 Å². The van der Waals surface area contributed by atoms with Crippen molar-refractivity contribution in [2.24, 2.45) is 0 Å². The summed E-state index contributed by atoms with van der Waals surface area (Å²) in [5.74, 6) is 1.04. The third-order valence-electron chi connectivity index (χ3n) is 5.91. The number of aromatic amines is 1. The van der Waals surface area contributed by atoms with Crippen LogP contribution >= 0.6 is 0 Å². The Hall–Kier alpha value is -3.15. The van der Waals surface area contributed by atoms with Gasteiger partial charge in [-0.15, -0.1) is 10.2 Å². The molecule has 6 heteroatoms. The monoisotopic (exact) mass is 384 g/mol. The summed E-state index contributed by atoms with van der Waals surface area (Å²) in [4.78, 5) is 9.57. The van der Waals surface area contributed by atoms with Crippen molar-refractivity contribution < 1.29 is 0 Å². The first-order valence-electron chi connectivity index (χ1n) is 10.3. The smallest absolute Gasteiger partial charge is 0.207 e. The Bertz CT molecular complexity index is 1160. The SMILES string of the molecule is Cc1ccc2nc(C3CCCCC3)c(-c3nn[nH]n3)c(-c3ccnc(C)c3)c2c1. The standard InChI is InChI=1S/C23H24N6/c1-14-8-9-19-18(12-14)20(17-10-11-24-15(2)13-17)21(23-26-28-29-27-23)22(25-19)16-6-4-3-5-7-16/h8-13,16H,3-7H2,1-2H3,(H,26,27,28,29). The van der Waals surface area contributed by atoms with Crippen molar-refractivity contribution in [1.29, 1.82) is 0 Å². The quantitative estimate of drug-likeness (QED) is 0.529. The summed E-state index contributed by atoms with van der Waals surface area (Å²) in [6, 6.07) is 10.7. The minimum atomic E-state index is 0.421. The van der Waals surface area contributed by atoms with Crippen LogP contribution in [0.5, 0.6) is 0 Å². The average molecular weight is 384 g/mol. The fourth-order valence-corrected chi connectivity index (χ4v) is 4.56. The Morgan fingerprint density at radius 1 is 0.966 bits per heavy atom. The summed E-state index contributed by atoms with van der Waals surface area (Å²) in [5.41, 5.74) is 7.57. The van der Waals surface area contributed by atoms with Gasteiger partial charge in [0.1, 0.15) is 0 Å². The van der Waals surface area contributed by atoms with Gasteiger partial charge in [0.15, 0.2) is 0 Å². The van der Waals surface area contributed by atoms with Gasteiger partial charge in [0, 0.05) is 28.8 Å². The van der Waals surface area contributed by atoms with Gasteiger partial charge in [-0.25, -0.2) is 0 Å². The van der Waals surface area contributed by atoms with E-state index >= 15 is 0 Å². The van der Waals surface area contributed by atoms with Crippen LogP contribution in [0.4, 0.5) is 0 Å². The molecule has 6 nitrogen and oxygen atoms in total. The molecule has 0 aliphatic heterocycles. The van der Waals surface area contributed by atoms with Crippen LogP contribution in [0.15, 0.2) is 36.5 Å². The first kappa shape index (κ1) is 17.9. The number of hydrogen-bond acceptors (Lipinski definition) is 5. The second-order valence-electron chi connectivity index (χ2n) is 8.02. The van der Waals surface area contributed by atoms with E-state index in [1.165, 1.54) is 24.8 Å². The Labute approximate surface area is 169 Å². The molecule has 0 spiro atoms. The van der Waals surface area contributed by atoms with Crippen LogP contribution in [0.3, 0.4) is 0 Å². The largest absolute Gasteiger partial charge is 0.262 e. The normalized spacial score (nSPS) is 15.1. The van der Waals surface area contributed by atoms with Gasteiger partial charge in [-0.2, -0.15) is 5.21 Å². The number of nitrogens with zero attached hydrogens (tertiary/aromatic N) is 5. The molecule has 0 bridgehead atoms. The predicted molar refractivity (Wildman–Crippen MR) is 113 cm³/mol. The predicted octanol–water partition coefficient (Wildman–Crippen LogP) is 5.14. The number of tetrazole rings is 1. The van der Waals surface area contributed by atoms with Gasteiger partial charge in [0.25, 0.3) is 0 Å². The molecule has 1 aromatic carbocycles. The minimum Gasteiger partial charge on any atom is -0.262 e. The lowest BCUT2D eigenvalue weighted by Gasteiger charge is -2.25. The van der Waals surface area contributed by atoms with E-state index in [-0.39, 0.29) is 0 Å². The van der Waals surface area contributed by atoms with E-state index in [0.717, 1.165) is 51.8 Å². The summed E-state index contributed by atoms with van der Waals surface area (Å²) in [6.45, 7) is 4.14. The van der Waals surface area contributed by atoms with Crippen LogP contribution < -0.4 is 0 Å². The number of fused-ring (bicyclic) bond motifs is 1. The lowest BCUT2D eigenvalue weighted by Crippen LogP contribution is -2.10.